The molecule has 0 heterocycles. The first-order chi connectivity index (χ1) is 8.47. The fraction of sp³-hybridized carbons (Fsp3) is 0.462. The molecule has 1 saturated carbocycles. The van der Waals surface area contributed by atoms with Crippen LogP contribution in [0.1, 0.15) is 25.3 Å². The van der Waals surface area contributed by atoms with Gasteiger partial charge in [-0.2, -0.15) is 0 Å². The number of ether oxygens (including phenoxy) is 1. The number of methoxy groups -OCH3 is 1. The summed E-state index contributed by atoms with van der Waals surface area (Å²) in [5, 5.41) is 4.30. The highest BCUT2D eigenvalue weighted by atomic mass is 35.5. The van der Waals surface area contributed by atoms with Gasteiger partial charge in [0.15, 0.2) is 0 Å². The molecule has 1 N–H and O–H groups in total. The van der Waals surface area contributed by atoms with Crippen molar-refractivity contribution in [3.63, 3.8) is 0 Å². The number of esters is 1. The van der Waals surface area contributed by atoms with Crippen LogP contribution in [0.4, 0.5) is 0 Å². The molecular weight excluding hydrogens is 273 g/mol. The van der Waals surface area contributed by atoms with E-state index >= 15 is 0 Å². The smallest absolute Gasteiger partial charge is 0.330 e. The largest absolute Gasteiger partial charge is 0.467 e. The summed E-state index contributed by atoms with van der Waals surface area (Å²) in [6.07, 6.45) is 2.13. The summed E-state index contributed by atoms with van der Waals surface area (Å²) in [7, 11) is 1.37. The lowest BCUT2D eigenvalue weighted by molar-refractivity contribution is -0.148. The summed E-state index contributed by atoms with van der Waals surface area (Å²) in [4.78, 5) is 12.1. The Balaban J connectivity index is 2.40. The van der Waals surface area contributed by atoms with Gasteiger partial charge in [-0.15, -0.1) is 0 Å². The quantitative estimate of drug-likeness (QED) is 0.865. The molecule has 1 aliphatic rings. The summed E-state index contributed by atoms with van der Waals surface area (Å²) < 4.78 is 4.89. The zero-order chi connectivity index (χ0) is 13.3. The van der Waals surface area contributed by atoms with Crippen molar-refractivity contribution < 1.29 is 9.53 Å². The van der Waals surface area contributed by atoms with E-state index in [1.165, 1.54) is 7.11 Å². The Labute approximate surface area is 116 Å². The van der Waals surface area contributed by atoms with Crippen LogP contribution in [0.15, 0.2) is 18.2 Å². The lowest BCUT2D eigenvalue weighted by atomic mass is 9.91. The molecule has 1 unspecified atom stereocenters. The molecule has 1 fully saturated rings. The second-order valence-corrected chi connectivity index (χ2v) is 5.50. The molecule has 3 nitrogen and oxygen atoms in total. The summed E-state index contributed by atoms with van der Waals surface area (Å²) in [5.41, 5.74) is -0.246. The van der Waals surface area contributed by atoms with Crippen LogP contribution in [-0.2, 0) is 15.1 Å². The maximum atomic E-state index is 12.1. The highest BCUT2D eigenvalue weighted by Gasteiger charge is 2.42. The Kier molecular flexibility index (Phi) is 3.85. The Hall–Kier alpha value is -0.770. The molecule has 98 valence electrons. The molecule has 0 spiro atoms. The second kappa shape index (κ2) is 5.08. The molecule has 0 aliphatic heterocycles. The van der Waals surface area contributed by atoms with Crippen molar-refractivity contribution >= 4 is 29.2 Å². The van der Waals surface area contributed by atoms with Crippen LogP contribution in [0.2, 0.25) is 10.0 Å². The average molecular weight is 288 g/mol. The topological polar surface area (TPSA) is 38.3 Å². The monoisotopic (exact) mass is 287 g/mol. The first-order valence-electron chi connectivity index (χ1n) is 5.79. The van der Waals surface area contributed by atoms with Gasteiger partial charge in [0.2, 0.25) is 0 Å². The van der Waals surface area contributed by atoms with Gasteiger partial charge in [0, 0.05) is 21.7 Å². The van der Waals surface area contributed by atoms with Gasteiger partial charge in [0.25, 0.3) is 0 Å². The van der Waals surface area contributed by atoms with Crippen LogP contribution in [-0.4, -0.2) is 19.1 Å². The van der Waals surface area contributed by atoms with Crippen LogP contribution in [0.5, 0.6) is 0 Å². The predicted octanol–water partition coefficient (Wildman–Crippen LogP) is 3.13. The Bertz CT molecular complexity index is 474. The highest BCUT2D eigenvalue weighted by molar-refractivity contribution is 6.35. The fourth-order valence-electron chi connectivity index (χ4n) is 1.98. The molecule has 1 atom stereocenters. The fourth-order valence-corrected chi connectivity index (χ4v) is 2.58. The molecular formula is C13H15Cl2NO2. The van der Waals surface area contributed by atoms with Crippen LogP contribution >= 0.6 is 23.2 Å². The molecule has 1 aromatic rings. The molecule has 0 aromatic heterocycles. The second-order valence-electron chi connectivity index (χ2n) is 4.66. The number of hydrogen-bond acceptors (Lipinski definition) is 3. The third-order valence-electron chi connectivity index (χ3n) is 3.13. The Morgan fingerprint density at radius 2 is 2.11 bits per heavy atom. The first-order valence-corrected chi connectivity index (χ1v) is 6.54. The summed E-state index contributed by atoms with van der Waals surface area (Å²) in [5.74, 6) is -0.348. The number of nitrogens with one attached hydrogen (secondary N) is 1. The van der Waals surface area contributed by atoms with Gasteiger partial charge in [-0.25, -0.2) is 4.79 Å². The lowest BCUT2D eigenvalue weighted by Gasteiger charge is -2.29. The standard InChI is InChI=1S/C13H15Cl2NO2/c1-13(12(17)18-2,16-9-4-5-9)10-6-3-8(14)7-11(10)15/h3,6-7,9,16H,4-5H2,1-2H3. The van der Waals surface area contributed by atoms with Crippen molar-refractivity contribution in [1.29, 1.82) is 0 Å². The van der Waals surface area contributed by atoms with E-state index in [4.69, 9.17) is 27.9 Å². The van der Waals surface area contributed by atoms with Crippen molar-refractivity contribution in [2.45, 2.75) is 31.3 Å². The molecule has 1 aromatic carbocycles. The Morgan fingerprint density at radius 1 is 1.44 bits per heavy atom. The predicted molar refractivity (Wildman–Crippen MR) is 72.0 cm³/mol. The molecule has 0 bridgehead atoms. The van der Waals surface area contributed by atoms with Crippen molar-refractivity contribution in [2.75, 3.05) is 7.11 Å². The van der Waals surface area contributed by atoms with E-state index < -0.39 is 5.54 Å². The van der Waals surface area contributed by atoms with Crippen molar-refractivity contribution in [3.05, 3.63) is 33.8 Å². The minimum Gasteiger partial charge on any atom is -0.467 e. The van der Waals surface area contributed by atoms with Gasteiger partial charge in [0.05, 0.1) is 7.11 Å². The van der Waals surface area contributed by atoms with Crippen LogP contribution in [0.3, 0.4) is 0 Å². The number of carbonyl (C=O) groups is 1. The summed E-state index contributed by atoms with van der Waals surface area (Å²) >= 11 is 12.1. The number of halogens is 2. The van der Waals surface area contributed by atoms with E-state index in [1.807, 2.05) is 0 Å². The summed E-state index contributed by atoms with van der Waals surface area (Å²) in [6, 6.07) is 5.46. The van der Waals surface area contributed by atoms with E-state index in [-0.39, 0.29) is 5.97 Å². The molecule has 5 heteroatoms. The maximum absolute atomic E-state index is 12.1. The van der Waals surface area contributed by atoms with Crippen LogP contribution in [0, 0.1) is 0 Å². The molecule has 18 heavy (non-hydrogen) atoms. The number of rotatable bonds is 4. The van der Waals surface area contributed by atoms with E-state index in [2.05, 4.69) is 5.32 Å². The minimum absolute atomic E-state index is 0.348. The zero-order valence-corrected chi connectivity index (χ0v) is 11.8. The third-order valence-corrected chi connectivity index (χ3v) is 3.68. The zero-order valence-electron chi connectivity index (χ0n) is 10.3. The highest BCUT2D eigenvalue weighted by Crippen LogP contribution is 2.34. The van der Waals surface area contributed by atoms with Crippen molar-refractivity contribution in [2.24, 2.45) is 0 Å². The number of benzene rings is 1. The lowest BCUT2D eigenvalue weighted by Crippen LogP contribution is -2.48. The average Bonchev–Trinajstić information content (AvgIpc) is 3.11. The van der Waals surface area contributed by atoms with Crippen LogP contribution < -0.4 is 5.32 Å². The van der Waals surface area contributed by atoms with E-state index in [0.29, 0.717) is 21.7 Å². The molecule has 0 radical (unpaired) electrons. The molecule has 0 saturated heterocycles. The number of carbonyl (C=O) groups excluding carboxylic acids is 1. The van der Waals surface area contributed by atoms with Crippen LogP contribution in [0.25, 0.3) is 0 Å². The van der Waals surface area contributed by atoms with Crippen molar-refractivity contribution in [3.8, 4) is 0 Å². The van der Waals surface area contributed by atoms with Crippen molar-refractivity contribution in [1.82, 2.24) is 5.32 Å². The first kappa shape index (κ1) is 13.7. The maximum Gasteiger partial charge on any atom is 0.330 e. The van der Waals surface area contributed by atoms with Gasteiger partial charge in [-0.1, -0.05) is 29.3 Å². The normalized spacial score (nSPS) is 18.2. The summed E-state index contributed by atoms with van der Waals surface area (Å²) in [6.45, 7) is 1.78. The van der Waals surface area contributed by atoms with Gasteiger partial charge < -0.3 is 4.74 Å². The number of hydrogen-bond donors (Lipinski definition) is 1. The molecule has 0 amide bonds. The Morgan fingerprint density at radius 3 is 2.61 bits per heavy atom. The van der Waals surface area contributed by atoms with E-state index in [0.717, 1.165) is 12.8 Å². The third kappa shape index (κ3) is 2.63. The van der Waals surface area contributed by atoms with Gasteiger partial charge in [0.1, 0.15) is 5.54 Å². The van der Waals surface area contributed by atoms with E-state index in [9.17, 15) is 4.79 Å². The van der Waals surface area contributed by atoms with Gasteiger partial charge in [-0.3, -0.25) is 5.32 Å². The minimum atomic E-state index is -0.933. The molecule has 2 rings (SSSR count). The van der Waals surface area contributed by atoms with Gasteiger partial charge >= 0.3 is 5.97 Å². The SMILES string of the molecule is COC(=O)C(C)(NC1CC1)c1ccc(Cl)cc1Cl. The van der Waals surface area contributed by atoms with Gasteiger partial charge in [-0.05, 0) is 31.9 Å². The van der Waals surface area contributed by atoms with E-state index in [1.54, 1.807) is 25.1 Å². The molecule has 1 aliphatic carbocycles.